The summed E-state index contributed by atoms with van der Waals surface area (Å²) in [6.45, 7) is -0.544. The number of anilines is 1. The molecule has 10 heteroatoms. The van der Waals surface area contributed by atoms with Crippen LogP contribution in [0.15, 0.2) is 71.6 Å². The lowest BCUT2D eigenvalue weighted by Gasteiger charge is -2.18. The molecule has 0 saturated heterocycles. The number of halogens is 3. The summed E-state index contributed by atoms with van der Waals surface area (Å²) in [5.41, 5.74) is 1.00. The zero-order chi connectivity index (χ0) is 22.6. The van der Waals surface area contributed by atoms with Crippen LogP contribution < -0.4 is 10.0 Å². The Morgan fingerprint density at radius 1 is 0.903 bits per heavy atom. The maximum absolute atomic E-state index is 12.4. The Morgan fingerprint density at radius 2 is 1.55 bits per heavy atom. The molecule has 0 aromatic heterocycles. The van der Waals surface area contributed by atoms with Crippen molar-refractivity contribution in [1.29, 1.82) is 0 Å². The van der Waals surface area contributed by atoms with Crippen molar-refractivity contribution in [2.24, 2.45) is 0 Å². The zero-order valence-corrected chi connectivity index (χ0v) is 18.9. The molecule has 0 radical (unpaired) electrons. The smallest absolute Gasteiger partial charge is 0.242 e. The van der Waals surface area contributed by atoms with E-state index in [2.05, 4.69) is 10.0 Å². The molecular formula is C21H17Cl3N2O4S. The van der Waals surface area contributed by atoms with Gasteiger partial charge in [0.25, 0.3) is 0 Å². The van der Waals surface area contributed by atoms with E-state index in [-0.39, 0.29) is 15.6 Å². The van der Waals surface area contributed by atoms with Crippen molar-refractivity contribution in [2.45, 2.75) is 11.0 Å². The number of carbonyl (C=O) groups excluding carboxylic acids is 1. The number of aliphatic hydroxyl groups excluding tert-OH is 1. The van der Waals surface area contributed by atoms with Gasteiger partial charge in [-0.05, 0) is 36.4 Å². The fourth-order valence-corrected chi connectivity index (χ4v) is 4.75. The van der Waals surface area contributed by atoms with Gasteiger partial charge in [-0.3, -0.25) is 4.79 Å². The number of carbonyl (C=O) groups is 1. The summed E-state index contributed by atoms with van der Waals surface area (Å²) in [5, 5.41) is 14.1. The van der Waals surface area contributed by atoms with E-state index in [0.717, 1.165) is 0 Å². The van der Waals surface area contributed by atoms with Crippen molar-refractivity contribution in [2.75, 3.05) is 11.9 Å². The molecule has 0 saturated carbocycles. The van der Waals surface area contributed by atoms with Crippen LogP contribution in [0.3, 0.4) is 0 Å². The summed E-state index contributed by atoms with van der Waals surface area (Å²) in [5.74, 6) is -0.648. The molecule has 6 nitrogen and oxygen atoms in total. The summed E-state index contributed by atoms with van der Waals surface area (Å²) < 4.78 is 27.0. The van der Waals surface area contributed by atoms with Gasteiger partial charge in [0.1, 0.15) is 11.0 Å². The van der Waals surface area contributed by atoms with Gasteiger partial charge in [0.15, 0.2) is 0 Å². The van der Waals surface area contributed by atoms with Crippen LogP contribution in [0.4, 0.5) is 5.69 Å². The molecule has 0 fully saturated rings. The minimum absolute atomic E-state index is 0.0401. The van der Waals surface area contributed by atoms with Gasteiger partial charge in [0, 0.05) is 26.9 Å². The van der Waals surface area contributed by atoms with Gasteiger partial charge >= 0.3 is 0 Å². The van der Waals surface area contributed by atoms with Gasteiger partial charge in [-0.15, -0.1) is 0 Å². The monoisotopic (exact) mass is 498 g/mol. The largest absolute Gasteiger partial charge is 0.384 e. The Hall–Kier alpha value is -2.13. The first kappa shape index (κ1) is 23.5. The Labute approximate surface area is 194 Å². The first-order chi connectivity index (χ1) is 14.7. The molecule has 0 aliphatic rings. The molecule has 0 aliphatic carbocycles. The number of hydrogen-bond donors (Lipinski definition) is 3. The summed E-state index contributed by atoms with van der Waals surface area (Å²) in [6, 6.07) is 17.2. The van der Waals surface area contributed by atoms with Crippen LogP contribution in [0.5, 0.6) is 0 Å². The highest BCUT2D eigenvalue weighted by molar-refractivity contribution is 7.89. The predicted octanol–water partition coefficient (Wildman–Crippen LogP) is 4.65. The lowest BCUT2D eigenvalue weighted by molar-refractivity contribution is -0.115. The summed E-state index contributed by atoms with van der Waals surface area (Å²) >= 11 is 18.2. The number of hydrogen-bond acceptors (Lipinski definition) is 4. The first-order valence-corrected chi connectivity index (χ1v) is 11.6. The molecule has 1 atom stereocenters. The number of sulfonamides is 1. The van der Waals surface area contributed by atoms with Crippen LogP contribution >= 0.6 is 34.8 Å². The Bertz CT molecular complexity index is 1220. The first-order valence-electron chi connectivity index (χ1n) is 8.95. The number of rotatable bonds is 7. The lowest BCUT2D eigenvalue weighted by atomic mass is 9.99. The average molecular weight is 500 g/mol. The van der Waals surface area contributed by atoms with Crippen molar-refractivity contribution in [3.63, 3.8) is 0 Å². The molecular weight excluding hydrogens is 483 g/mol. The van der Waals surface area contributed by atoms with Crippen LogP contribution in [0.25, 0.3) is 0 Å². The van der Waals surface area contributed by atoms with Gasteiger partial charge in [-0.2, -0.15) is 0 Å². The fourth-order valence-electron chi connectivity index (χ4n) is 2.83. The van der Waals surface area contributed by atoms with E-state index in [1.165, 1.54) is 36.4 Å². The number of amides is 1. The van der Waals surface area contributed by atoms with Crippen molar-refractivity contribution >= 4 is 56.4 Å². The second-order valence-corrected chi connectivity index (χ2v) is 9.44. The molecule has 1 unspecified atom stereocenters. The molecule has 31 heavy (non-hydrogen) atoms. The third-order valence-corrected chi connectivity index (χ3v) is 6.81. The molecule has 0 spiro atoms. The summed E-state index contributed by atoms with van der Waals surface area (Å²) in [7, 11) is -3.99. The normalized spacial score (nSPS) is 12.4. The van der Waals surface area contributed by atoms with E-state index in [0.29, 0.717) is 21.2 Å². The van der Waals surface area contributed by atoms with Crippen molar-refractivity contribution in [1.82, 2.24) is 4.72 Å². The third kappa shape index (κ3) is 5.77. The van der Waals surface area contributed by atoms with E-state index in [1.54, 1.807) is 30.3 Å². The Kier molecular flexibility index (Phi) is 7.59. The highest BCUT2D eigenvalue weighted by Gasteiger charge is 2.21. The Morgan fingerprint density at radius 3 is 2.23 bits per heavy atom. The fraction of sp³-hybridized carbons (Fsp3) is 0.0952. The predicted molar refractivity (Wildman–Crippen MR) is 122 cm³/mol. The van der Waals surface area contributed by atoms with E-state index in [1.807, 2.05) is 0 Å². The molecule has 0 bridgehead atoms. The SMILES string of the molecule is O=C(CNS(=O)(=O)c1ccccc1Cl)Nc1ccc(Cl)cc1C(O)c1ccccc1Cl. The van der Waals surface area contributed by atoms with E-state index >= 15 is 0 Å². The summed E-state index contributed by atoms with van der Waals surface area (Å²) in [4.78, 5) is 12.3. The van der Waals surface area contributed by atoms with Crippen LogP contribution in [0, 0.1) is 0 Å². The van der Waals surface area contributed by atoms with Gasteiger partial charge < -0.3 is 10.4 Å². The molecule has 3 aromatic carbocycles. The minimum Gasteiger partial charge on any atom is -0.384 e. The van der Waals surface area contributed by atoms with Crippen LogP contribution in [-0.4, -0.2) is 26.0 Å². The van der Waals surface area contributed by atoms with Crippen LogP contribution in [-0.2, 0) is 14.8 Å². The molecule has 0 aliphatic heterocycles. The van der Waals surface area contributed by atoms with Gasteiger partial charge in [-0.1, -0.05) is 65.1 Å². The standard InChI is InChI=1S/C21H17Cl3N2O4S/c22-13-9-10-18(15(11-13)21(28)14-5-1-2-6-16(14)23)26-20(27)12-25-31(29,30)19-8-4-3-7-17(19)24/h1-11,21,25,28H,12H2,(H,26,27). The van der Waals surface area contributed by atoms with Crippen molar-refractivity contribution in [3.05, 3.63) is 92.9 Å². The molecule has 162 valence electrons. The second kappa shape index (κ2) is 9.99. The highest BCUT2D eigenvalue weighted by atomic mass is 35.5. The van der Waals surface area contributed by atoms with Gasteiger partial charge in [0.05, 0.1) is 11.6 Å². The van der Waals surface area contributed by atoms with Gasteiger partial charge in [-0.25, -0.2) is 13.1 Å². The number of aliphatic hydroxyl groups is 1. The molecule has 3 aromatic rings. The Balaban J connectivity index is 1.78. The zero-order valence-electron chi connectivity index (χ0n) is 15.8. The number of benzene rings is 3. The van der Waals surface area contributed by atoms with E-state index in [4.69, 9.17) is 34.8 Å². The van der Waals surface area contributed by atoms with E-state index < -0.39 is 28.6 Å². The summed E-state index contributed by atoms with van der Waals surface area (Å²) in [6.07, 6.45) is -1.16. The third-order valence-electron chi connectivity index (χ3n) is 4.33. The van der Waals surface area contributed by atoms with Crippen molar-refractivity contribution in [3.8, 4) is 0 Å². The van der Waals surface area contributed by atoms with Crippen LogP contribution in [0.2, 0.25) is 15.1 Å². The quantitative estimate of drug-likeness (QED) is 0.441. The molecule has 1 amide bonds. The lowest BCUT2D eigenvalue weighted by Crippen LogP contribution is -2.33. The molecule has 0 heterocycles. The minimum atomic E-state index is -3.99. The average Bonchev–Trinajstić information content (AvgIpc) is 2.74. The van der Waals surface area contributed by atoms with Gasteiger partial charge in [0.2, 0.25) is 15.9 Å². The molecule has 3 N–H and O–H groups in total. The topological polar surface area (TPSA) is 95.5 Å². The highest BCUT2D eigenvalue weighted by Crippen LogP contribution is 2.34. The second-order valence-electron chi connectivity index (χ2n) is 6.46. The maximum Gasteiger partial charge on any atom is 0.242 e. The number of nitrogens with one attached hydrogen (secondary N) is 2. The molecule has 3 rings (SSSR count). The van der Waals surface area contributed by atoms with Crippen molar-refractivity contribution < 1.29 is 18.3 Å². The maximum atomic E-state index is 12.4. The van der Waals surface area contributed by atoms with Crippen LogP contribution in [0.1, 0.15) is 17.2 Å². The van der Waals surface area contributed by atoms with E-state index in [9.17, 15) is 18.3 Å².